The van der Waals surface area contributed by atoms with Gasteiger partial charge in [-0.25, -0.2) is 8.42 Å². The number of ether oxygens (including phenoxy) is 1. The number of aryl methyl sites for hydroxylation is 3. The summed E-state index contributed by atoms with van der Waals surface area (Å²) in [5.41, 5.74) is 5.97. The Labute approximate surface area is 195 Å². The highest BCUT2D eigenvalue weighted by Crippen LogP contribution is 2.33. The molecule has 0 bridgehead atoms. The van der Waals surface area contributed by atoms with Gasteiger partial charge in [0, 0.05) is 30.7 Å². The van der Waals surface area contributed by atoms with Crippen molar-refractivity contribution in [3.63, 3.8) is 0 Å². The van der Waals surface area contributed by atoms with Gasteiger partial charge in [0.2, 0.25) is 15.9 Å². The van der Waals surface area contributed by atoms with E-state index in [0.717, 1.165) is 27.3 Å². The van der Waals surface area contributed by atoms with Gasteiger partial charge in [0.05, 0.1) is 18.4 Å². The molecule has 1 amide bonds. The number of sulfonamides is 1. The monoisotopic (exact) mass is 467 g/mol. The number of anilines is 2. The highest BCUT2D eigenvalue weighted by Gasteiger charge is 2.19. The lowest BCUT2D eigenvalue weighted by Crippen LogP contribution is -2.25. The Balaban J connectivity index is 1.87. The molecule has 0 unspecified atom stereocenters. The number of nitrogens with one attached hydrogen (secondary N) is 1. The number of carbonyl (C=O) groups excluding carboxylic acids is 1. The molecule has 0 aliphatic heterocycles. The van der Waals surface area contributed by atoms with Crippen LogP contribution in [0.2, 0.25) is 0 Å². The van der Waals surface area contributed by atoms with Crippen molar-refractivity contribution >= 4 is 27.3 Å². The fourth-order valence-corrected chi connectivity index (χ4v) is 4.11. The third-order valence-electron chi connectivity index (χ3n) is 5.36. The maximum Gasteiger partial charge on any atom is 0.232 e. The molecule has 174 valence electrons. The predicted molar refractivity (Wildman–Crippen MR) is 131 cm³/mol. The molecule has 0 saturated carbocycles. The molecule has 3 aromatic rings. The number of hydrogen-bond donors (Lipinski definition) is 1. The number of aromatic nitrogens is 1. The molecule has 0 atom stereocenters. The van der Waals surface area contributed by atoms with Crippen LogP contribution in [0.15, 0.2) is 54.7 Å². The summed E-state index contributed by atoms with van der Waals surface area (Å²) in [5, 5.41) is 2.84. The quantitative estimate of drug-likeness (QED) is 0.537. The third kappa shape index (κ3) is 6.32. The molecule has 0 saturated heterocycles. The lowest BCUT2D eigenvalue weighted by molar-refractivity contribution is -0.115. The Kier molecular flexibility index (Phi) is 7.38. The highest BCUT2D eigenvalue weighted by molar-refractivity contribution is 7.92. The standard InChI is InChI=1S/C25H29N3O4S/c1-17-12-18(2)22(19(3)13-17)16-32-24-14-21(9-10-23(24)28(4)33(5,30)31)27-25(29)15-20-8-6-7-11-26-20/h6-14H,15-16H2,1-5H3,(H,27,29). The van der Waals surface area contributed by atoms with Crippen LogP contribution in [0.25, 0.3) is 0 Å². The van der Waals surface area contributed by atoms with E-state index in [1.54, 1.807) is 36.5 Å². The van der Waals surface area contributed by atoms with Gasteiger partial charge in [0.15, 0.2) is 0 Å². The molecule has 3 rings (SSSR count). The van der Waals surface area contributed by atoms with Gasteiger partial charge in [-0.2, -0.15) is 0 Å². The average molecular weight is 468 g/mol. The van der Waals surface area contributed by atoms with Crippen molar-refractivity contribution in [2.45, 2.75) is 33.8 Å². The Bertz CT molecular complexity index is 1230. The van der Waals surface area contributed by atoms with Crippen molar-refractivity contribution in [1.82, 2.24) is 4.98 Å². The Morgan fingerprint density at radius 2 is 1.76 bits per heavy atom. The first-order chi connectivity index (χ1) is 15.5. The zero-order valence-electron chi connectivity index (χ0n) is 19.5. The minimum absolute atomic E-state index is 0.129. The summed E-state index contributed by atoms with van der Waals surface area (Å²) in [7, 11) is -2.03. The van der Waals surface area contributed by atoms with Crippen molar-refractivity contribution in [2.24, 2.45) is 0 Å². The van der Waals surface area contributed by atoms with Crippen molar-refractivity contribution in [3.8, 4) is 5.75 Å². The summed E-state index contributed by atoms with van der Waals surface area (Å²) in [6, 6.07) is 14.5. The summed E-state index contributed by atoms with van der Waals surface area (Å²) >= 11 is 0. The van der Waals surface area contributed by atoms with Crippen molar-refractivity contribution in [3.05, 3.63) is 82.7 Å². The van der Waals surface area contributed by atoms with E-state index in [2.05, 4.69) is 22.4 Å². The van der Waals surface area contributed by atoms with Crippen molar-refractivity contribution in [1.29, 1.82) is 0 Å². The number of pyridine rings is 1. The lowest BCUT2D eigenvalue weighted by atomic mass is 10.0. The van der Waals surface area contributed by atoms with E-state index in [9.17, 15) is 13.2 Å². The SMILES string of the molecule is Cc1cc(C)c(COc2cc(NC(=O)Cc3ccccn3)ccc2N(C)S(C)(=O)=O)c(C)c1. The lowest BCUT2D eigenvalue weighted by Gasteiger charge is -2.22. The van der Waals surface area contributed by atoms with Crippen molar-refractivity contribution in [2.75, 3.05) is 22.9 Å². The summed E-state index contributed by atoms with van der Waals surface area (Å²) in [6.45, 7) is 6.36. The van der Waals surface area contributed by atoms with Crippen LogP contribution in [0.1, 0.15) is 27.9 Å². The smallest absolute Gasteiger partial charge is 0.232 e. The van der Waals surface area contributed by atoms with Crippen LogP contribution >= 0.6 is 0 Å². The number of benzene rings is 2. The van der Waals surface area contributed by atoms with Crippen LogP contribution in [0, 0.1) is 20.8 Å². The summed E-state index contributed by atoms with van der Waals surface area (Å²) in [5.74, 6) is 0.132. The second kappa shape index (κ2) is 10.0. The number of hydrogen-bond acceptors (Lipinski definition) is 5. The van der Waals surface area contributed by atoms with Crippen molar-refractivity contribution < 1.29 is 17.9 Å². The van der Waals surface area contributed by atoms with Crippen LogP contribution in [0.3, 0.4) is 0 Å². The fourth-order valence-electron chi connectivity index (χ4n) is 3.61. The molecule has 1 aromatic heterocycles. The molecule has 0 fully saturated rings. The van der Waals surface area contributed by atoms with Gasteiger partial charge < -0.3 is 10.1 Å². The van der Waals surface area contributed by atoms with E-state index in [1.165, 1.54) is 12.6 Å². The first-order valence-electron chi connectivity index (χ1n) is 10.5. The van der Waals surface area contributed by atoms with Crippen LogP contribution in [-0.2, 0) is 27.8 Å². The maximum atomic E-state index is 12.5. The molecular formula is C25H29N3O4S. The number of nitrogens with zero attached hydrogens (tertiary/aromatic N) is 2. The maximum absolute atomic E-state index is 12.5. The number of rotatable bonds is 8. The highest BCUT2D eigenvalue weighted by atomic mass is 32.2. The molecule has 0 aliphatic rings. The summed E-state index contributed by atoms with van der Waals surface area (Å²) < 4.78 is 31.6. The largest absolute Gasteiger partial charge is 0.487 e. The molecular weight excluding hydrogens is 438 g/mol. The first-order valence-corrected chi connectivity index (χ1v) is 12.4. The molecule has 1 heterocycles. The van der Waals surface area contributed by atoms with E-state index < -0.39 is 10.0 Å². The first kappa shape index (κ1) is 24.3. The van der Waals surface area contributed by atoms with Gasteiger partial charge in [-0.15, -0.1) is 0 Å². The van der Waals surface area contributed by atoms with Gasteiger partial charge in [-0.1, -0.05) is 23.8 Å². The van der Waals surface area contributed by atoms with Gasteiger partial charge in [-0.05, 0) is 61.7 Å². The van der Waals surface area contributed by atoms with E-state index in [4.69, 9.17) is 4.74 Å². The van der Waals surface area contributed by atoms with Crippen LogP contribution in [0.4, 0.5) is 11.4 Å². The van der Waals surface area contributed by atoms with Gasteiger partial charge in [-0.3, -0.25) is 14.1 Å². The number of carbonyl (C=O) groups is 1. The Morgan fingerprint density at radius 1 is 1.06 bits per heavy atom. The molecule has 0 aliphatic carbocycles. The molecule has 0 radical (unpaired) electrons. The minimum atomic E-state index is -3.50. The molecule has 0 spiro atoms. The molecule has 2 aromatic carbocycles. The van der Waals surface area contributed by atoms with E-state index in [0.29, 0.717) is 22.8 Å². The zero-order valence-corrected chi connectivity index (χ0v) is 20.4. The van der Waals surface area contributed by atoms with Crippen LogP contribution in [-0.4, -0.2) is 32.6 Å². The topological polar surface area (TPSA) is 88.6 Å². The third-order valence-corrected chi connectivity index (χ3v) is 6.55. The van der Waals surface area contributed by atoms with Gasteiger partial charge >= 0.3 is 0 Å². The van der Waals surface area contributed by atoms with Gasteiger partial charge in [0.25, 0.3) is 0 Å². The molecule has 1 N–H and O–H groups in total. The molecule has 8 heteroatoms. The zero-order chi connectivity index (χ0) is 24.2. The van der Waals surface area contributed by atoms with E-state index >= 15 is 0 Å². The van der Waals surface area contributed by atoms with Crippen LogP contribution < -0.4 is 14.4 Å². The van der Waals surface area contributed by atoms with E-state index in [1.807, 2.05) is 26.8 Å². The number of amides is 1. The summed E-state index contributed by atoms with van der Waals surface area (Å²) in [4.78, 5) is 16.6. The fraction of sp³-hybridized carbons (Fsp3) is 0.280. The Morgan fingerprint density at radius 3 is 2.36 bits per heavy atom. The van der Waals surface area contributed by atoms with E-state index in [-0.39, 0.29) is 18.9 Å². The average Bonchev–Trinajstić information content (AvgIpc) is 2.72. The van der Waals surface area contributed by atoms with Gasteiger partial charge in [0.1, 0.15) is 12.4 Å². The molecule has 33 heavy (non-hydrogen) atoms. The Hall–Kier alpha value is -3.39. The minimum Gasteiger partial charge on any atom is -0.487 e. The second-order valence-electron chi connectivity index (χ2n) is 8.12. The predicted octanol–water partition coefficient (Wildman–Crippen LogP) is 4.16. The second-order valence-corrected chi connectivity index (χ2v) is 10.1. The van der Waals surface area contributed by atoms with Crippen LogP contribution in [0.5, 0.6) is 5.75 Å². The summed E-state index contributed by atoms with van der Waals surface area (Å²) in [6.07, 6.45) is 2.90. The molecule has 7 nitrogen and oxygen atoms in total. The normalized spacial score (nSPS) is 11.2.